The van der Waals surface area contributed by atoms with Crippen LogP contribution in [0.25, 0.3) is 0 Å². The van der Waals surface area contributed by atoms with Crippen LogP contribution in [-0.2, 0) is 0 Å². The molecule has 0 aromatic carbocycles. The lowest BCUT2D eigenvalue weighted by Gasteiger charge is -2.38. The van der Waals surface area contributed by atoms with Crippen LogP contribution in [0, 0.1) is 22.7 Å². The van der Waals surface area contributed by atoms with Gasteiger partial charge in [-0.05, 0) is 24.7 Å². The maximum atomic E-state index is 8.08. The summed E-state index contributed by atoms with van der Waals surface area (Å²) in [5.41, 5.74) is 1.11. The Bertz CT molecular complexity index is 175. The lowest BCUT2D eigenvalue weighted by Crippen LogP contribution is -2.37. The van der Waals surface area contributed by atoms with Crippen molar-refractivity contribution in [2.24, 2.45) is 17.3 Å². The van der Waals surface area contributed by atoms with Crippen LogP contribution in [0.3, 0.4) is 0 Å². The SMILES string of the molecule is CC(C)C(C)(C)C(=N)C1CCC1. The van der Waals surface area contributed by atoms with Crippen LogP contribution in [-0.4, -0.2) is 5.71 Å². The average molecular weight is 167 g/mol. The van der Waals surface area contributed by atoms with Gasteiger partial charge in [0.05, 0.1) is 0 Å². The van der Waals surface area contributed by atoms with Crippen LogP contribution in [0.4, 0.5) is 0 Å². The van der Waals surface area contributed by atoms with Crippen LogP contribution in [0.1, 0.15) is 47.0 Å². The highest BCUT2D eigenvalue weighted by atomic mass is 14.5. The molecule has 1 aliphatic rings. The molecule has 0 amide bonds. The minimum absolute atomic E-state index is 0.116. The van der Waals surface area contributed by atoms with Crippen LogP contribution in [0.15, 0.2) is 0 Å². The smallest absolute Gasteiger partial charge is 0.0179 e. The first-order valence-corrected chi connectivity index (χ1v) is 5.05. The van der Waals surface area contributed by atoms with Crippen molar-refractivity contribution in [2.45, 2.75) is 47.0 Å². The van der Waals surface area contributed by atoms with Crippen molar-refractivity contribution in [1.82, 2.24) is 0 Å². The van der Waals surface area contributed by atoms with E-state index in [4.69, 9.17) is 5.41 Å². The molecule has 0 atom stereocenters. The van der Waals surface area contributed by atoms with E-state index in [1.165, 1.54) is 19.3 Å². The highest BCUT2D eigenvalue weighted by molar-refractivity contribution is 5.89. The van der Waals surface area contributed by atoms with Gasteiger partial charge in [-0.2, -0.15) is 0 Å². The van der Waals surface area contributed by atoms with Gasteiger partial charge in [0.1, 0.15) is 0 Å². The molecule has 1 N–H and O–H groups in total. The van der Waals surface area contributed by atoms with Crippen molar-refractivity contribution >= 4 is 5.71 Å². The van der Waals surface area contributed by atoms with Crippen LogP contribution >= 0.6 is 0 Å². The Morgan fingerprint density at radius 3 is 2.08 bits per heavy atom. The molecule has 0 aromatic rings. The van der Waals surface area contributed by atoms with E-state index in [2.05, 4.69) is 27.7 Å². The molecule has 0 heterocycles. The average Bonchev–Trinajstić information content (AvgIpc) is 1.83. The van der Waals surface area contributed by atoms with E-state index < -0.39 is 0 Å². The minimum atomic E-state index is 0.116. The molecule has 1 saturated carbocycles. The summed E-state index contributed by atoms with van der Waals surface area (Å²) in [4.78, 5) is 0. The second-order valence-corrected chi connectivity index (χ2v) is 4.92. The maximum Gasteiger partial charge on any atom is 0.0179 e. The van der Waals surface area contributed by atoms with Gasteiger partial charge in [-0.3, -0.25) is 0 Å². The molecule has 1 fully saturated rings. The van der Waals surface area contributed by atoms with Gasteiger partial charge >= 0.3 is 0 Å². The molecule has 1 rings (SSSR count). The third-order valence-electron chi connectivity index (χ3n) is 3.65. The Morgan fingerprint density at radius 1 is 1.33 bits per heavy atom. The molecule has 0 aliphatic heterocycles. The summed E-state index contributed by atoms with van der Waals surface area (Å²) < 4.78 is 0. The molecule has 0 bridgehead atoms. The van der Waals surface area contributed by atoms with Crippen LogP contribution in [0.5, 0.6) is 0 Å². The molecule has 12 heavy (non-hydrogen) atoms. The second-order valence-electron chi connectivity index (χ2n) is 4.92. The molecule has 0 unspecified atom stereocenters. The van der Waals surface area contributed by atoms with E-state index in [1.54, 1.807) is 0 Å². The first kappa shape index (κ1) is 9.76. The zero-order valence-electron chi connectivity index (χ0n) is 8.78. The molecule has 70 valence electrons. The summed E-state index contributed by atoms with van der Waals surface area (Å²) in [5.74, 6) is 1.20. The largest absolute Gasteiger partial charge is 0.309 e. The van der Waals surface area contributed by atoms with Crippen LogP contribution in [0.2, 0.25) is 0 Å². The third kappa shape index (κ3) is 1.55. The summed E-state index contributed by atoms with van der Waals surface area (Å²) in [7, 11) is 0. The normalized spacial score (nSPS) is 19.4. The number of hydrogen-bond acceptors (Lipinski definition) is 1. The Balaban J connectivity index is 2.60. The summed E-state index contributed by atoms with van der Waals surface area (Å²) in [6.45, 7) is 8.84. The van der Waals surface area contributed by atoms with Gasteiger partial charge < -0.3 is 5.41 Å². The molecule has 0 aromatic heterocycles. The van der Waals surface area contributed by atoms with Crippen molar-refractivity contribution in [3.8, 4) is 0 Å². The van der Waals surface area contributed by atoms with Gasteiger partial charge in [0.25, 0.3) is 0 Å². The molecule has 1 nitrogen and oxygen atoms in total. The summed E-state index contributed by atoms with van der Waals surface area (Å²) in [6, 6.07) is 0. The number of hydrogen-bond donors (Lipinski definition) is 1. The van der Waals surface area contributed by atoms with Gasteiger partial charge in [-0.1, -0.05) is 34.1 Å². The molecule has 1 aliphatic carbocycles. The van der Waals surface area contributed by atoms with Crippen molar-refractivity contribution < 1.29 is 0 Å². The predicted octanol–water partition coefficient (Wildman–Crippen LogP) is 3.49. The summed E-state index contributed by atoms with van der Waals surface area (Å²) in [5, 5.41) is 8.08. The van der Waals surface area contributed by atoms with Crippen molar-refractivity contribution in [1.29, 1.82) is 5.41 Å². The first-order chi connectivity index (χ1) is 5.46. The first-order valence-electron chi connectivity index (χ1n) is 5.05. The summed E-state index contributed by atoms with van der Waals surface area (Å²) in [6.07, 6.45) is 3.85. The highest BCUT2D eigenvalue weighted by Crippen LogP contribution is 2.38. The van der Waals surface area contributed by atoms with Crippen molar-refractivity contribution in [3.05, 3.63) is 0 Å². The maximum absolute atomic E-state index is 8.08. The highest BCUT2D eigenvalue weighted by Gasteiger charge is 2.35. The minimum Gasteiger partial charge on any atom is -0.309 e. The molecule has 0 spiro atoms. The molecule has 1 heteroatoms. The fourth-order valence-corrected chi connectivity index (χ4v) is 1.53. The molecular formula is C11H21N. The fraction of sp³-hybridized carbons (Fsp3) is 0.909. The van der Waals surface area contributed by atoms with E-state index in [9.17, 15) is 0 Å². The second kappa shape index (κ2) is 3.20. The van der Waals surface area contributed by atoms with E-state index in [0.29, 0.717) is 11.8 Å². The predicted molar refractivity (Wildman–Crippen MR) is 53.7 cm³/mol. The Hall–Kier alpha value is -0.330. The Kier molecular flexibility index (Phi) is 2.60. The monoisotopic (exact) mass is 167 g/mol. The number of rotatable bonds is 3. The Labute approximate surface area is 76.1 Å². The third-order valence-corrected chi connectivity index (χ3v) is 3.65. The van der Waals surface area contributed by atoms with Gasteiger partial charge in [0.15, 0.2) is 0 Å². The standard InChI is InChI=1S/C11H21N/c1-8(2)11(3,4)10(12)9-6-5-7-9/h8-9,12H,5-7H2,1-4H3. The van der Waals surface area contributed by atoms with Gasteiger partial charge in [-0.15, -0.1) is 0 Å². The molecular weight excluding hydrogens is 146 g/mol. The van der Waals surface area contributed by atoms with Crippen molar-refractivity contribution in [3.63, 3.8) is 0 Å². The van der Waals surface area contributed by atoms with Crippen molar-refractivity contribution in [2.75, 3.05) is 0 Å². The van der Waals surface area contributed by atoms with Crippen LogP contribution < -0.4 is 0 Å². The summed E-state index contributed by atoms with van der Waals surface area (Å²) >= 11 is 0. The fourth-order valence-electron chi connectivity index (χ4n) is 1.53. The van der Waals surface area contributed by atoms with E-state index in [1.807, 2.05) is 0 Å². The van der Waals surface area contributed by atoms with E-state index in [-0.39, 0.29) is 5.41 Å². The van der Waals surface area contributed by atoms with Gasteiger partial charge in [-0.25, -0.2) is 0 Å². The zero-order chi connectivity index (χ0) is 9.35. The Morgan fingerprint density at radius 2 is 1.83 bits per heavy atom. The molecule has 0 saturated heterocycles. The molecule has 0 radical (unpaired) electrons. The quantitative estimate of drug-likeness (QED) is 0.622. The van der Waals surface area contributed by atoms with Gasteiger partial charge in [0, 0.05) is 11.1 Å². The zero-order valence-corrected chi connectivity index (χ0v) is 8.78. The lowest BCUT2D eigenvalue weighted by molar-refractivity contribution is 0.310. The van der Waals surface area contributed by atoms with Gasteiger partial charge in [0.2, 0.25) is 0 Å². The topological polar surface area (TPSA) is 23.9 Å². The van der Waals surface area contributed by atoms with E-state index in [0.717, 1.165) is 5.71 Å². The number of nitrogens with one attached hydrogen (secondary N) is 1. The van der Waals surface area contributed by atoms with E-state index >= 15 is 0 Å². The lowest BCUT2D eigenvalue weighted by atomic mass is 9.67.